The van der Waals surface area contributed by atoms with Crippen LogP contribution >= 0.6 is 0 Å². The molecule has 1 atom stereocenters. The van der Waals surface area contributed by atoms with Crippen molar-refractivity contribution in [2.75, 3.05) is 0 Å². The number of allylic oxidation sites excluding steroid dienone is 3. The monoisotopic (exact) mass is 147 g/mol. The minimum absolute atomic E-state index is 0.646. The fourth-order valence-electron chi connectivity index (χ4n) is 1.77. The number of nitrogens with zero attached hydrogens (tertiary/aromatic N) is 1. The zero-order chi connectivity index (χ0) is 7.84. The minimum atomic E-state index is 0.646. The smallest absolute Gasteiger partial charge is 0.0620 e. The van der Waals surface area contributed by atoms with Crippen molar-refractivity contribution in [2.45, 2.75) is 26.7 Å². The highest BCUT2D eigenvalue weighted by molar-refractivity contribution is 5.66. The zero-order valence-corrected chi connectivity index (χ0v) is 7.09. The van der Waals surface area contributed by atoms with E-state index in [-0.39, 0.29) is 0 Å². The van der Waals surface area contributed by atoms with Crippen molar-refractivity contribution in [3.63, 3.8) is 0 Å². The quantitative estimate of drug-likeness (QED) is 0.499. The highest BCUT2D eigenvalue weighted by Gasteiger charge is 2.17. The van der Waals surface area contributed by atoms with Crippen LogP contribution in [0.1, 0.15) is 26.7 Å². The van der Waals surface area contributed by atoms with E-state index in [9.17, 15) is 0 Å². The van der Waals surface area contributed by atoms with Gasteiger partial charge in [0.05, 0.1) is 5.70 Å². The topological polar surface area (TPSA) is 12.4 Å². The van der Waals surface area contributed by atoms with Crippen molar-refractivity contribution in [2.24, 2.45) is 10.9 Å². The predicted octanol–water partition coefficient (Wildman–Crippen LogP) is 2.70. The van der Waals surface area contributed by atoms with Crippen LogP contribution in [-0.2, 0) is 0 Å². The maximum absolute atomic E-state index is 4.40. The lowest BCUT2D eigenvalue weighted by molar-refractivity contribution is 0.740. The molecule has 1 aliphatic heterocycles. The Morgan fingerprint density at radius 2 is 2.36 bits per heavy atom. The van der Waals surface area contributed by atoms with Crippen LogP contribution in [0.15, 0.2) is 27.9 Å². The molecule has 58 valence electrons. The molecule has 0 bridgehead atoms. The number of rotatable bonds is 0. The van der Waals surface area contributed by atoms with Gasteiger partial charge in [-0.1, -0.05) is 12.5 Å². The molecule has 1 unspecified atom stereocenters. The van der Waals surface area contributed by atoms with E-state index in [1.165, 1.54) is 23.3 Å². The molecular weight excluding hydrogens is 134 g/mol. The molecule has 2 rings (SSSR count). The summed E-state index contributed by atoms with van der Waals surface area (Å²) < 4.78 is 0. The van der Waals surface area contributed by atoms with Gasteiger partial charge in [-0.25, -0.2) is 0 Å². The third-order valence-electron chi connectivity index (χ3n) is 2.27. The average molecular weight is 147 g/mol. The van der Waals surface area contributed by atoms with E-state index in [2.05, 4.69) is 31.1 Å². The van der Waals surface area contributed by atoms with Crippen LogP contribution in [0, 0.1) is 5.92 Å². The molecule has 0 aromatic heterocycles. The van der Waals surface area contributed by atoms with Gasteiger partial charge in [0.2, 0.25) is 0 Å². The van der Waals surface area contributed by atoms with Gasteiger partial charge in [-0.2, -0.15) is 0 Å². The minimum Gasteiger partial charge on any atom is -0.261 e. The summed E-state index contributed by atoms with van der Waals surface area (Å²) in [5.74, 6) is 0.646. The van der Waals surface area contributed by atoms with Gasteiger partial charge < -0.3 is 0 Å². The zero-order valence-electron chi connectivity index (χ0n) is 7.09. The second-order valence-corrected chi connectivity index (χ2v) is 3.62. The Morgan fingerprint density at radius 3 is 3.18 bits per heavy atom. The lowest BCUT2D eigenvalue weighted by atomic mass is 9.98. The van der Waals surface area contributed by atoms with Gasteiger partial charge in [-0.3, -0.25) is 4.99 Å². The first-order valence-corrected chi connectivity index (χ1v) is 4.19. The van der Waals surface area contributed by atoms with Crippen LogP contribution in [-0.4, -0.2) is 6.21 Å². The van der Waals surface area contributed by atoms with E-state index in [1.54, 1.807) is 0 Å². The molecule has 0 saturated carbocycles. The molecule has 11 heavy (non-hydrogen) atoms. The van der Waals surface area contributed by atoms with Gasteiger partial charge in [0.25, 0.3) is 0 Å². The average Bonchev–Trinajstić information content (AvgIpc) is 2.27. The molecule has 0 radical (unpaired) electrons. The van der Waals surface area contributed by atoms with Gasteiger partial charge in [0.1, 0.15) is 0 Å². The summed E-state index contributed by atoms with van der Waals surface area (Å²) in [6.07, 6.45) is 6.65. The summed E-state index contributed by atoms with van der Waals surface area (Å²) >= 11 is 0. The maximum Gasteiger partial charge on any atom is 0.0620 e. The standard InChI is InChI=1S/C10H13N/c1-7-3-9-4-8(2)6-11-10(9)5-7/h5-6,8H,3-4H2,1-2H3. The van der Waals surface area contributed by atoms with Crippen LogP contribution in [0.5, 0.6) is 0 Å². The Hall–Kier alpha value is -0.850. The van der Waals surface area contributed by atoms with Crippen LogP contribution in [0.4, 0.5) is 0 Å². The van der Waals surface area contributed by atoms with Gasteiger partial charge in [-0.05, 0) is 37.3 Å². The van der Waals surface area contributed by atoms with Gasteiger partial charge in [0, 0.05) is 6.21 Å². The lowest BCUT2D eigenvalue weighted by Crippen LogP contribution is -2.03. The highest BCUT2D eigenvalue weighted by atomic mass is 14.8. The van der Waals surface area contributed by atoms with Crippen LogP contribution in [0.2, 0.25) is 0 Å². The third kappa shape index (κ3) is 1.15. The summed E-state index contributed by atoms with van der Waals surface area (Å²) in [6.45, 7) is 4.40. The molecule has 1 heteroatoms. The normalized spacial score (nSPS) is 28.9. The summed E-state index contributed by atoms with van der Waals surface area (Å²) in [4.78, 5) is 4.40. The first-order valence-electron chi connectivity index (χ1n) is 4.19. The Balaban J connectivity index is 2.26. The first kappa shape index (κ1) is 6.84. The SMILES string of the molecule is CC1=CC2=C(C1)CC(C)C=N2. The Labute approximate surface area is 67.5 Å². The van der Waals surface area contributed by atoms with Gasteiger partial charge in [-0.15, -0.1) is 0 Å². The fourth-order valence-corrected chi connectivity index (χ4v) is 1.77. The molecule has 1 aliphatic carbocycles. The van der Waals surface area contributed by atoms with E-state index in [4.69, 9.17) is 0 Å². The Kier molecular flexibility index (Phi) is 1.45. The second-order valence-electron chi connectivity index (χ2n) is 3.62. The van der Waals surface area contributed by atoms with Crippen molar-refractivity contribution < 1.29 is 0 Å². The molecule has 0 N–H and O–H groups in total. The molecule has 2 aliphatic rings. The predicted molar refractivity (Wildman–Crippen MR) is 47.7 cm³/mol. The van der Waals surface area contributed by atoms with E-state index < -0.39 is 0 Å². The third-order valence-corrected chi connectivity index (χ3v) is 2.27. The van der Waals surface area contributed by atoms with Gasteiger partial charge in [0.15, 0.2) is 0 Å². The molecule has 1 nitrogen and oxygen atoms in total. The Morgan fingerprint density at radius 1 is 1.55 bits per heavy atom. The van der Waals surface area contributed by atoms with Crippen molar-refractivity contribution >= 4 is 6.21 Å². The van der Waals surface area contributed by atoms with Crippen LogP contribution in [0.25, 0.3) is 0 Å². The number of hydrogen-bond acceptors (Lipinski definition) is 1. The van der Waals surface area contributed by atoms with Gasteiger partial charge >= 0.3 is 0 Å². The molecule has 0 saturated heterocycles. The molecule has 0 amide bonds. The van der Waals surface area contributed by atoms with E-state index >= 15 is 0 Å². The van der Waals surface area contributed by atoms with E-state index in [0.717, 1.165) is 6.42 Å². The fraction of sp³-hybridized carbons (Fsp3) is 0.500. The Bertz CT molecular complexity index is 269. The maximum atomic E-state index is 4.40. The van der Waals surface area contributed by atoms with Crippen molar-refractivity contribution in [1.29, 1.82) is 0 Å². The van der Waals surface area contributed by atoms with Crippen molar-refractivity contribution in [3.05, 3.63) is 22.9 Å². The van der Waals surface area contributed by atoms with Crippen LogP contribution < -0.4 is 0 Å². The molecular formula is C10H13N. The summed E-state index contributed by atoms with van der Waals surface area (Å²) in [5, 5.41) is 0. The first-order chi connectivity index (χ1) is 5.25. The van der Waals surface area contributed by atoms with Crippen LogP contribution in [0.3, 0.4) is 0 Å². The molecule has 0 aromatic carbocycles. The number of aliphatic imine (C=N–C) groups is 1. The second kappa shape index (κ2) is 2.33. The van der Waals surface area contributed by atoms with Crippen molar-refractivity contribution in [3.8, 4) is 0 Å². The summed E-state index contributed by atoms with van der Waals surface area (Å²) in [5.41, 5.74) is 4.24. The molecule has 1 heterocycles. The summed E-state index contributed by atoms with van der Waals surface area (Å²) in [6, 6.07) is 0. The van der Waals surface area contributed by atoms with E-state index in [0.29, 0.717) is 5.92 Å². The molecule has 0 fully saturated rings. The number of hydrogen-bond donors (Lipinski definition) is 0. The largest absolute Gasteiger partial charge is 0.261 e. The highest BCUT2D eigenvalue weighted by Crippen LogP contribution is 2.32. The molecule has 0 aromatic rings. The van der Waals surface area contributed by atoms with E-state index in [1.807, 2.05) is 0 Å². The molecule has 0 spiro atoms. The summed E-state index contributed by atoms with van der Waals surface area (Å²) in [7, 11) is 0. The lowest BCUT2D eigenvalue weighted by Gasteiger charge is -2.12. The van der Waals surface area contributed by atoms with Crippen molar-refractivity contribution in [1.82, 2.24) is 0 Å².